The Hall–Kier alpha value is -0.810. The van der Waals surface area contributed by atoms with Gasteiger partial charge in [0.05, 0.1) is 6.61 Å². The molecule has 5 nitrogen and oxygen atoms in total. The first-order valence-electron chi connectivity index (χ1n) is 7.36. The van der Waals surface area contributed by atoms with Crippen LogP contribution >= 0.6 is 0 Å². The summed E-state index contributed by atoms with van der Waals surface area (Å²) >= 11 is 0. The van der Waals surface area contributed by atoms with Crippen LogP contribution in [0, 0.1) is 11.8 Å². The standard InChI is InChI=1S/C14H28N4O/c1-15-14(16-8-12-4-6-17(2)9-12)18-7-5-13(10-18)11-19-3/h12-13H,4-11H2,1-3H3,(H,15,16). The number of methoxy groups -OCH3 is 1. The zero-order valence-corrected chi connectivity index (χ0v) is 12.6. The van der Waals surface area contributed by atoms with Crippen molar-refractivity contribution in [2.45, 2.75) is 12.8 Å². The predicted octanol–water partition coefficient (Wildman–Crippen LogP) is 0.482. The molecule has 1 N–H and O–H groups in total. The van der Waals surface area contributed by atoms with Crippen molar-refractivity contribution in [2.75, 3.05) is 60.5 Å². The van der Waals surface area contributed by atoms with Gasteiger partial charge in [0.15, 0.2) is 5.96 Å². The Morgan fingerprint density at radius 1 is 1.26 bits per heavy atom. The average molecular weight is 268 g/mol. The van der Waals surface area contributed by atoms with Crippen molar-refractivity contribution >= 4 is 5.96 Å². The minimum absolute atomic E-state index is 0.654. The number of rotatable bonds is 4. The van der Waals surface area contributed by atoms with Gasteiger partial charge < -0.3 is 19.9 Å². The first-order valence-corrected chi connectivity index (χ1v) is 7.36. The average Bonchev–Trinajstić information content (AvgIpc) is 3.01. The fourth-order valence-corrected chi connectivity index (χ4v) is 3.16. The number of guanidine groups is 1. The Balaban J connectivity index is 1.75. The van der Waals surface area contributed by atoms with Crippen LogP contribution < -0.4 is 5.32 Å². The molecule has 110 valence electrons. The number of likely N-dealkylation sites (tertiary alicyclic amines) is 2. The molecular formula is C14H28N4O. The van der Waals surface area contributed by atoms with Gasteiger partial charge in [0.25, 0.3) is 0 Å². The van der Waals surface area contributed by atoms with Gasteiger partial charge in [-0.15, -0.1) is 0 Å². The Bertz CT molecular complexity index is 308. The molecule has 0 amide bonds. The Kier molecular flexibility index (Phi) is 5.45. The normalized spacial score (nSPS) is 29.2. The maximum atomic E-state index is 5.25. The Morgan fingerprint density at radius 3 is 2.68 bits per heavy atom. The number of ether oxygens (including phenoxy) is 1. The van der Waals surface area contributed by atoms with E-state index < -0.39 is 0 Å². The lowest BCUT2D eigenvalue weighted by Gasteiger charge is -2.23. The highest BCUT2D eigenvalue weighted by Crippen LogP contribution is 2.17. The number of nitrogens with one attached hydrogen (secondary N) is 1. The molecule has 0 aromatic carbocycles. The first-order chi connectivity index (χ1) is 9.22. The van der Waals surface area contributed by atoms with Crippen LogP contribution in [0.15, 0.2) is 4.99 Å². The topological polar surface area (TPSA) is 40.1 Å². The van der Waals surface area contributed by atoms with Gasteiger partial charge in [-0.1, -0.05) is 0 Å². The fraction of sp³-hybridized carbons (Fsp3) is 0.929. The van der Waals surface area contributed by atoms with Gasteiger partial charge in [-0.3, -0.25) is 4.99 Å². The molecule has 0 aromatic rings. The molecule has 2 saturated heterocycles. The minimum Gasteiger partial charge on any atom is -0.384 e. The number of hydrogen-bond acceptors (Lipinski definition) is 3. The predicted molar refractivity (Wildman–Crippen MR) is 78.5 cm³/mol. The van der Waals surface area contributed by atoms with Crippen LogP contribution in [0.4, 0.5) is 0 Å². The van der Waals surface area contributed by atoms with Gasteiger partial charge in [0.1, 0.15) is 0 Å². The molecule has 2 fully saturated rings. The van der Waals surface area contributed by atoms with Crippen LogP contribution in [0.25, 0.3) is 0 Å². The molecule has 0 radical (unpaired) electrons. The molecular weight excluding hydrogens is 240 g/mol. The maximum Gasteiger partial charge on any atom is 0.193 e. The molecule has 0 aliphatic carbocycles. The molecule has 0 aromatic heterocycles. The van der Waals surface area contributed by atoms with E-state index in [4.69, 9.17) is 4.74 Å². The molecule has 19 heavy (non-hydrogen) atoms. The van der Waals surface area contributed by atoms with E-state index in [-0.39, 0.29) is 0 Å². The van der Waals surface area contributed by atoms with Crippen molar-refractivity contribution in [3.8, 4) is 0 Å². The van der Waals surface area contributed by atoms with Crippen molar-refractivity contribution in [2.24, 2.45) is 16.8 Å². The van der Waals surface area contributed by atoms with E-state index in [1.165, 1.54) is 25.9 Å². The third-order valence-corrected chi connectivity index (χ3v) is 4.24. The van der Waals surface area contributed by atoms with E-state index in [2.05, 4.69) is 27.2 Å². The van der Waals surface area contributed by atoms with Gasteiger partial charge in [-0.2, -0.15) is 0 Å². The second kappa shape index (κ2) is 7.10. The van der Waals surface area contributed by atoms with E-state index in [1.807, 2.05) is 7.05 Å². The summed E-state index contributed by atoms with van der Waals surface area (Å²) in [7, 11) is 5.86. The molecule has 2 aliphatic heterocycles. The molecule has 0 bridgehead atoms. The summed E-state index contributed by atoms with van der Waals surface area (Å²) in [5, 5.41) is 3.54. The SMILES string of the molecule is CN=C(NCC1CCN(C)C1)N1CCC(COC)C1. The van der Waals surface area contributed by atoms with E-state index in [0.717, 1.165) is 38.1 Å². The molecule has 2 atom stereocenters. The summed E-state index contributed by atoms with van der Waals surface area (Å²) in [5.74, 6) is 2.48. The van der Waals surface area contributed by atoms with E-state index >= 15 is 0 Å². The summed E-state index contributed by atoms with van der Waals surface area (Å²) in [5.41, 5.74) is 0. The zero-order valence-electron chi connectivity index (χ0n) is 12.6. The smallest absolute Gasteiger partial charge is 0.193 e. The van der Waals surface area contributed by atoms with Crippen molar-refractivity contribution in [3.63, 3.8) is 0 Å². The number of aliphatic imine (C=N–C) groups is 1. The molecule has 0 saturated carbocycles. The highest BCUT2D eigenvalue weighted by molar-refractivity contribution is 5.80. The van der Waals surface area contributed by atoms with Crippen LogP contribution in [-0.2, 0) is 4.74 Å². The second-order valence-electron chi connectivity index (χ2n) is 5.90. The quantitative estimate of drug-likeness (QED) is 0.595. The van der Waals surface area contributed by atoms with E-state index in [9.17, 15) is 0 Å². The molecule has 2 aliphatic rings. The summed E-state index contributed by atoms with van der Waals surface area (Å²) in [4.78, 5) is 9.19. The lowest BCUT2D eigenvalue weighted by molar-refractivity contribution is 0.157. The number of nitrogens with zero attached hydrogens (tertiary/aromatic N) is 3. The molecule has 2 rings (SSSR count). The van der Waals surface area contributed by atoms with Gasteiger partial charge in [-0.05, 0) is 32.4 Å². The molecule has 0 spiro atoms. The fourth-order valence-electron chi connectivity index (χ4n) is 3.16. The van der Waals surface area contributed by atoms with Gasteiger partial charge >= 0.3 is 0 Å². The molecule has 2 heterocycles. The third kappa shape index (κ3) is 4.08. The summed E-state index contributed by atoms with van der Waals surface area (Å²) in [6.45, 7) is 6.50. The summed E-state index contributed by atoms with van der Waals surface area (Å²) in [6, 6.07) is 0. The second-order valence-corrected chi connectivity index (χ2v) is 5.90. The Labute approximate surface area is 117 Å². The highest BCUT2D eigenvalue weighted by Gasteiger charge is 2.26. The number of hydrogen-bond donors (Lipinski definition) is 1. The Morgan fingerprint density at radius 2 is 2.05 bits per heavy atom. The van der Waals surface area contributed by atoms with Gasteiger partial charge in [-0.25, -0.2) is 0 Å². The van der Waals surface area contributed by atoms with Gasteiger partial charge in [0.2, 0.25) is 0 Å². The van der Waals surface area contributed by atoms with Gasteiger partial charge in [0, 0.05) is 46.3 Å². The van der Waals surface area contributed by atoms with Crippen LogP contribution in [0.5, 0.6) is 0 Å². The first kappa shape index (κ1) is 14.6. The minimum atomic E-state index is 0.654. The van der Waals surface area contributed by atoms with E-state index in [0.29, 0.717) is 5.92 Å². The van der Waals surface area contributed by atoms with Crippen molar-refractivity contribution in [1.82, 2.24) is 15.1 Å². The van der Waals surface area contributed by atoms with Crippen molar-refractivity contribution in [3.05, 3.63) is 0 Å². The van der Waals surface area contributed by atoms with Crippen LogP contribution in [0.2, 0.25) is 0 Å². The summed E-state index contributed by atoms with van der Waals surface area (Å²) in [6.07, 6.45) is 2.51. The van der Waals surface area contributed by atoms with Crippen LogP contribution in [0.1, 0.15) is 12.8 Å². The van der Waals surface area contributed by atoms with E-state index in [1.54, 1.807) is 7.11 Å². The summed E-state index contributed by atoms with van der Waals surface area (Å²) < 4.78 is 5.25. The van der Waals surface area contributed by atoms with Crippen LogP contribution in [0.3, 0.4) is 0 Å². The lowest BCUT2D eigenvalue weighted by atomic mass is 10.1. The monoisotopic (exact) mass is 268 g/mol. The third-order valence-electron chi connectivity index (χ3n) is 4.24. The molecule has 2 unspecified atom stereocenters. The molecule has 5 heteroatoms. The maximum absolute atomic E-state index is 5.25. The van der Waals surface area contributed by atoms with Crippen molar-refractivity contribution < 1.29 is 4.74 Å². The lowest BCUT2D eigenvalue weighted by Crippen LogP contribution is -2.42. The highest BCUT2D eigenvalue weighted by atomic mass is 16.5. The van der Waals surface area contributed by atoms with Crippen LogP contribution in [-0.4, -0.2) is 76.3 Å². The zero-order chi connectivity index (χ0) is 13.7. The van der Waals surface area contributed by atoms with Crippen molar-refractivity contribution in [1.29, 1.82) is 0 Å². The largest absolute Gasteiger partial charge is 0.384 e.